The first-order chi connectivity index (χ1) is 9.29. The van der Waals surface area contributed by atoms with E-state index >= 15 is 0 Å². The van der Waals surface area contributed by atoms with Crippen LogP contribution in [0.15, 0.2) is 52.9 Å². The van der Waals surface area contributed by atoms with Gasteiger partial charge in [0.15, 0.2) is 0 Å². The lowest BCUT2D eigenvalue weighted by atomic mass is 10.1. The van der Waals surface area contributed by atoms with Crippen molar-refractivity contribution in [3.05, 3.63) is 54.4 Å². The molecule has 0 fully saturated rings. The standard InChI is InChI=1S/C17H14NO.BrH/c1-3-11-18-13(2)19-17-10-9-15(12-16(17)18)14-7-5-4-6-8-14;/h1,4-10,12H,11H2,2H3;1H/q+1;/p-1. The van der Waals surface area contributed by atoms with E-state index in [1.807, 2.05) is 35.8 Å². The second-order valence-corrected chi connectivity index (χ2v) is 4.46. The average Bonchev–Trinajstić information content (AvgIpc) is 2.76. The monoisotopic (exact) mass is 327 g/mol. The van der Waals surface area contributed by atoms with Gasteiger partial charge in [0.2, 0.25) is 12.1 Å². The molecule has 1 heterocycles. The molecule has 1 aromatic heterocycles. The van der Waals surface area contributed by atoms with Crippen LogP contribution >= 0.6 is 0 Å². The largest absolute Gasteiger partial charge is 1.00 e. The molecule has 0 saturated carbocycles. The second kappa shape index (κ2) is 5.94. The summed E-state index contributed by atoms with van der Waals surface area (Å²) in [6.07, 6.45) is 5.42. The summed E-state index contributed by atoms with van der Waals surface area (Å²) in [6, 6.07) is 16.5. The summed E-state index contributed by atoms with van der Waals surface area (Å²) in [6.45, 7) is 2.45. The van der Waals surface area contributed by atoms with Crippen molar-refractivity contribution in [2.24, 2.45) is 0 Å². The third kappa shape index (κ3) is 2.48. The Morgan fingerprint density at radius 2 is 1.85 bits per heavy atom. The van der Waals surface area contributed by atoms with Gasteiger partial charge in [-0.2, -0.15) is 0 Å². The number of oxazole rings is 1. The van der Waals surface area contributed by atoms with E-state index in [1.54, 1.807) is 0 Å². The molecular formula is C17H14BrNO. The van der Waals surface area contributed by atoms with Crippen molar-refractivity contribution in [1.82, 2.24) is 0 Å². The number of aromatic nitrogens is 1. The van der Waals surface area contributed by atoms with Gasteiger partial charge in [0.05, 0.1) is 6.92 Å². The van der Waals surface area contributed by atoms with E-state index in [1.165, 1.54) is 11.1 Å². The van der Waals surface area contributed by atoms with Crippen molar-refractivity contribution in [3.63, 3.8) is 0 Å². The van der Waals surface area contributed by atoms with Gasteiger partial charge in [-0.1, -0.05) is 36.4 Å². The Morgan fingerprint density at radius 3 is 2.55 bits per heavy atom. The number of benzene rings is 2. The second-order valence-electron chi connectivity index (χ2n) is 4.46. The summed E-state index contributed by atoms with van der Waals surface area (Å²) in [7, 11) is 0. The number of hydrogen-bond acceptors (Lipinski definition) is 1. The SMILES string of the molecule is C#CC[n+]1c(C)oc2ccc(-c3ccccc3)cc21.[Br-]. The highest BCUT2D eigenvalue weighted by Gasteiger charge is 2.18. The van der Waals surface area contributed by atoms with Crippen molar-refractivity contribution in [2.75, 3.05) is 0 Å². The number of rotatable bonds is 2. The van der Waals surface area contributed by atoms with Gasteiger partial charge < -0.3 is 21.4 Å². The molecular weight excluding hydrogens is 314 g/mol. The van der Waals surface area contributed by atoms with Crippen LogP contribution in [0.5, 0.6) is 0 Å². The molecule has 0 saturated heterocycles. The minimum Gasteiger partial charge on any atom is -1.00 e. The van der Waals surface area contributed by atoms with Crippen molar-refractivity contribution in [2.45, 2.75) is 13.5 Å². The number of aryl methyl sites for hydroxylation is 1. The predicted octanol–water partition coefficient (Wildman–Crippen LogP) is 0.333. The van der Waals surface area contributed by atoms with Crippen LogP contribution in [0.3, 0.4) is 0 Å². The molecule has 0 aliphatic rings. The lowest BCUT2D eigenvalue weighted by molar-refractivity contribution is -0.670. The number of fused-ring (bicyclic) bond motifs is 1. The highest BCUT2D eigenvalue weighted by Crippen LogP contribution is 2.23. The summed E-state index contributed by atoms with van der Waals surface area (Å²) >= 11 is 0. The van der Waals surface area contributed by atoms with Gasteiger partial charge in [0.25, 0.3) is 5.52 Å². The first kappa shape index (κ1) is 14.4. The lowest BCUT2D eigenvalue weighted by Crippen LogP contribution is -3.00. The van der Waals surface area contributed by atoms with Crippen LogP contribution in [-0.4, -0.2) is 0 Å². The normalized spacial score (nSPS) is 10.0. The Balaban J connectivity index is 0.00000147. The van der Waals surface area contributed by atoms with E-state index in [-0.39, 0.29) is 17.0 Å². The van der Waals surface area contributed by atoms with E-state index < -0.39 is 0 Å². The summed E-state index contributed by atoms with van der Waals surface area (Å²) in [5.41, 5.74) is 4.26. The molecule has 0 atom stereocenters. The van der Waals surface area contributed by atoms with Gasteiger partial charge >= 0.3 is 5.89 Å². The summed E-state index contributed by atoms with van der Waals surface area (Å²) in [5, 5.41) is 0. The molecule has 0 unspecified atom stereocenters. The fourth-order valence-electron chi connectivity index (χ4n) is 2.30. The van der Waals surface area contributed by atoms with E-state index in [2.05, 4.69) is 30.2 Å². The first-order valence-corrected chi connectivity index (χ1v) is 6.21. The molecule has 20 heavy (non-hydrogen) atoms. The molecule has 0 aliphatic carbocycles. The maximum absolute atomic E-state index is 5.71. The third-order valence-corrected chi connectivity index (χ3v) is 3.24. The molecule has 0 radical (unpaired) electrons. The van der Waals surface area contributed by atoms with E-state index in [0.29, 0.717) is 6.54 Å². The van der Waals surface area contributed by atoms with Gasteiger partial charge in [0, 0.05) is 6.07 Å². The number of halogens is 1. The van der Waals surface area contributed by atoms with Crippen LogP contribution in [0, 0.1) is 19.3 Å². The van der Waals surface area contributed by atoms with Gasteiger partial charge in [-0.25, -0.2) is 0 Å². The zero-order chi connectivity index (χ0) is 13.2. The molecule has 2 aromatic carbocycles. The molecule has 0 N–H and O–H groups in total. The van der Waals surface area contributed by atoms with Crippen molar-refractivity contribution < 1.29 is 26.0 Å². The van der Waals surface area contributed by atoms with Crippen molar-refractivity contribution >= 4 is 11.1 Å². The molecule has 0 amide bonds. The molecule has 0 aliphatic heterocycles. The van der Waals surface area contributed by atoms with Crippen LogP contribution in [0.25, 0.3) is 22.2 Å². The smallest absolute Gasteiger partial charge is 0.345 e. The Hall–Kier alpha value is -2.05. The summed E-state index contributed by atoms with van der Waals surface area (Å²) in [4.78, 5) is 0. The molecule has 0 spiro atoms. The lowest BCUT2D eigenvalue weighted by Gasteiger charge is -1.99. The third-order valence-electron chi connectivity index (χ3n) is 3.24. The predicted molar refractivity (Wildman–Crippen MR) is 75.4 cm³/mol. The number of terminal acetylenes is 1. The summed E-state index contributed by atoms with van der Waals surface area (Å²) < 4.78 is 7.73. The minimum atomic E-state index is 0. The quantitative estimate of drug-likeness (QED) is 0.490. The fraction of sp³-hybridized carbons (Fsp3) is 0.118. The van der Waals surface area contributed by atoms with Gasteiger partial charge in [-0.05, 0) is 23.1 Å². The molecule has 3 heteroatoms. The zero-order valence-electron chi connectivity index (χ0n) is 11.1. The van der Waals surface area contributed by atoms with Crippen LogP contribution in [0.4, 0.5) is 0 Å². The highest BCUT2D eigenvalue weighted by molar-refractivity contribution is 5.78. The Bertz CT molecular complexity index is 769. The minimum absolute atomic E-state index is 0. The molecule has 2 nitrogen and oxygen atoms in total. The van der Waals surface area contributed by atoms with Crippen LogP contribution in [0.1, 0.15) is 5.89 Å². The van der Waals surface area contributed by atoms with E-state index in [4.69, 9.17) is 10.8 Å². The van der Waals surface area contributed by atoms with Gasteiger partial charge in [0.1, 0.15) is 0 Å². The number of nitrogens with zero attached hydrogens (tertiary/aromatic N) is 1. The average molecular weight is 328 g/mol. The van der Waals surface area contributed by atoms with Gasteiger partial charge in [-0.3, -0.25) is 0 Å². The van der Waals surface area contributed by atoms with Crippen LogP contribution < -0.4 is 21.5 Å². The maximum Gasteiger partial charge on any atom is 0.345 e. The molecule has 0 bridgehead atoms. The van der Waals surface area contributed by atoms with Gasteiger partial charge in [-0.15, -0.1) is 11.0 Å². The topological polar surface area (TPSA) is 17.0 Å². The van der Waals surface area contributed by atoms with Crippen molar-refractivity contribution in [1.29, 1.82) is 0 Å². The van der Waals surface area contributed by atoms with Crippen molar-refractivity contribution in [3.8, 4) is 23.5 Å². The molecule has 3 aromatic rings. The Kier molecular flexibility index (Phi) is 4.26. The Morgan fingerprint density at radius 1 is 1.10 bits per heavy atom. The zero-order valence-corrected chi connectivity index (χ0v) is 12.7. The number of hydrogen-bond donors (Lipinski definition) is 0. The van der Waals surface area contributed by atoms with E-state index in [9.17, 15) is 0 Å². The molecule has 3 rings (SSSR count). The van der Waals surface area contributed by atoms with Crippen LogP contribution in [-0.2, 0) is 6.54 Å². The van der Waals surface area contributed by atoms with E-state index in [0.717, 1.165) is 17.0 Å². The van der Waals surface area contributed by atoms with Crippen LogP contribution in [0.2, 0.25) is 0 Å². The maximum atomic E-state index is 5.71. The fourth-order valence-corrected chi connectivity index (χ4v) is 2.30. The summed E-state index contributed by atoms with van der Waals surface area (Å²) in [5.74, 6) is 3.50. The molecule has 100 valence electrons. The highest BCUT2D eigenvalue weighted by atomic mass is 79.9. The Labute approximate surface area is 128 Å². The first-order valence-electron chi connectivity index (χ1n) is 6.21.